The Labute approximate surface area is 113 Å². The maximum absolute atomic E-state index is 11.4. The molecular weight excluding hydrogens is 244 g/mol. The van der Waals surface area contributed by atoms with E-state index in [0.29, 0.717) is 17.7 Å². The number of esters is 1. The third kappa shape index (κ3) is 3.67. The molecular formula is C14H20N2O3. The third-order valence-corrected chi connectivity index (χ3v) is 3.52. The minimum Gasteiger partial charge on any atom is -0.464 e. The van der Waals surface area contributed by atoms with Crippen LogP contribution >= 0.6 is 0 Å². The van der Waals surface area contributed by atoms with Crippen molar-refractivity contribution in [3.8, 4) is 0 Å². The summed E-state index contributed by atoms with van der Waals surface area (Å²) in [5, 5.41) is 3.43. The fourth-order valence-electron chi connectivity index (χ4n) is 2.33. The summed E-state index contributed by atoms with van der Waals surface area (Å²) in [6.45, 7) is 3.83. The normalized spacial score (nSPS) is 17.8. The van der Waals surface area contributed by atoms with E-state index in [1.54, 1.807) is 12.3 Å². The molecule has 5 nitrogen and oxygen atoms in total. The molecule has 1 saturated heterocycles. The van der Waals surface area contributed by atoms with Crippen LogP contribution in [-0.4, -0.2) is 37.3 Å². The lowest BCUT2D eigenvalue weighted by atomic mass is 9.93. The van der Waals surface area contributed by atoms with Crippen LogP contribution in [0.4, 0.5) is 5.69 Å². The number of aromatic nitrogens is 1. The summed E-state index contributed by atoms with van der Waals surface area (Å²) < 4.78 is 10.0. The van der Waals surface area contributed by atoms with Gasteiger partial charge in [0.2, 0.25) is 0 Å². The minimum absolute atomic E-state index is 0.326. The van der Waals surface area contributed by atoms with E-state index in [9.17, 15) is 4.79 Å². The van der Waals surface area contributed by atoms with Crippen LogP contribution in [0.1, 0.15) is 30.3 Å². The monoisotopic (exact) mass is 264 g/mol. The predicted octanol–water partition coefficient (Wildman–Crippen LogP) is 2.10. The lowest BCUT2D eigenvalue weighted by molar-refractivity contribution is 0.0594. The Kier molecular flexibility index (Phi) is 4.74. The van der Waals surface area contributed by atoms with Gasteiger partial charge in [0.25, 0.3) is 0 Å². The average Bonchev–Trinajstić information content (AvgIpc) is 2.47. The van der Waals surface area contributed by atoms with Gasteiger partial charge in [-0.2, -0.15) is 0 Å². The van der Waals surface area contributed by atoms with Crippen LogP contribution in [0.15, 0.2) is 18.3 Å². The molecule has 0 saturated carbocycles. The van der Waals surface area contributed by atoms with Crippen LogP contribution in [0.25, 0.3) is 0 Å². The first-order chi connectivity index (χ1) is 9.20. The van der Waals surface area contributed by atoms with Crippen LogP contribution in [0.3, 0.4) is 0 Å². The first-order valence-electron chi connectivity index (χ1n) is 6.59. The van der Waals surface area contributed by atoms with Crippen molar-refractivity contribution in [3.05, 3.63) is 24.0 Å². The largest absolute Gasteiger partial charge is 0.464 e. The number of pyridine rings is 1. The maximum atomic E-state index is 11.4. The van der Waals surface area contributed by atoms with E-state index < -0.39 is 5.97 Å². The molecule has 0 spiro atoms. The maximum Gasteiger partial charge on any atom is 0.356 e. The summed E-state index contributed by atoms with van der Waals surface area (Å²) in [7, 11) is 1.36. The Morgan fingerprint density at radius 3 is 2.95 bits per heavy atom. The van der Waals surface area contributed by atoms with Crippen molar-refractivity contribution in [2.45, 2.75) is 25.8 Å². The van der Waals surface area contributed by atoms with Gasteiger partial charge in [0.15, 0.2) is 0 Å². The second-order valence-corrected chi connectivity index (χ2v) is 4.80. The zero-order valence-electron chi connectivity index (χ0n) is 11.4. The molecule has 1 N–H and O–H groups in total. The molecule has 1 aliphatic rings. The van der Waals surface area contributed by atoms with E-state index in [-0.39, 0.29) is 0 Å². The van der Waals surface area contributed by atoms with Crippen molar-refractivity contribution in [1.29, 1.82) is 0 Å². The van der Waals surface area contributed by atoms with Gasteiger partial charge in [-0.1, -0.05) is 0 Å². The number of rotatable bonds is 4. The van der Waals surface area contributed by atoms with Crippen molar-refractivity contribution in [3.63, 3.8) is 0 Å². The molecule has 0 radical (unpaired) electrons. The summed E-state index contributed by atoms with van der Waals surface area (Å²) in [5.41, 5.74) is 1.22. The highest BCUT2D eigenvalue weighted by Gasteiger charge is 2.20. The number of carbonyl (C=O) groups excluding carboxylic acids is 1. The Morgan fingerprint density at radius 1 is 1.53 bits per heavy atom. The SMILES string of the molecule is COC(=O)c1cc(NC(C)C2CCOCC2)ccn1. The predicted molar refractivity (Wildman–Crippen MR) is 72.2 cm³/mol. The molecule has 1 aromatic rings. The van der Waals surface area contributed by atoms with E-state index in [2.05, 4.69) is 22.0 Å². The molecule has 1 unspecified atom stereocenters. The minimum atomic E-state index is -0.414. The van der Waals surface area contributed by atoms with Crippen LogP contribution in [0, 0.1) is 5.92 Å². The van der Waals surface area contributed by atoms with E-state index in [1.807, 2.05) is 6.07 Å². The Bertz CT molecular complexity index is 430. The van der Waals surface area contributed by atoms with E-state index >= 15 is 0 Å². The van der Waals surface area contributed by atoms with Crippen LogP contribution in [-0.2, 0) is 9.47 Å². The lowest BCUT2D eigenvalue weighted by Gasteiger charge is -2.29. The molecule has 5 heteroatoms. The summed E-state index contributed by atoms with van der Waals surface area (Å²) in [6, 6.07) is 3.93. The molecule has 19 heavy (non-hydrogen) atoms. The van der Waals surface area contributed by atoms with Gasteiger partial charge in [0.05, 0.1) is 7.11 Å². The quantitative estimate of drug-likeness (QED) is 0.844. The van der Waals surface area contributed by atoms with Gasteiger partial charge in [-0.05, 0) is 37.8 Å². The zero-order chi connectivity index (χ0) is 13.7. The standard InChI is InChI=1S/C14H20N2O3/c1-10(11-4-7-19-8-5-11)16-12-3-6-15-13(9-12)14(17)18-2/h3,6,9-11H,4-5,7-8H2,1-2H3,(H,15,16). The number of nitrogens with zero attached hydrogens (tertiary/aromatic N) is 1. The first kappa shape index (κ1) is 13.8. The van der Waals surface area contributed by atoms with Crippen molar-refractivity contribution in [1.82, 2.24) is 4.98 Å². The summed E-state index contributed by atoms with van der Waals surface area (Å²) >= 11 is 0. The lowest BCUT2D eigenvalue weighted by Crippen LogP contribution is -2.31. The average molecular weight is 264 g/mol. The highest BCUT2D eigenvalue weighted by molar-refractivity contribution is 5.88. The Balaban J connectivity index is 1.99. The number of hydrogen-bond donors (Lipinski definition) is 1. The van der Waals surface area contributed by atoms with Gasteiger partial charge in [0.1, 0.15) is 5.69 Å². The highest BCUT2D eigenvalue weighted by Crippen LogP contribution is 2.22. The fraction of sp³-hybridized carbons (Fsp3) is 0.571. The zero-order valence-corrected chi connectivity index (χ0v) is 11.4. The van der Waals surface area contributed by atoms with Crippen molar-refractivity contribution in [2.24, 2.45) is 5.92 Å². The van der Waals surface area contributed by atoms with Gasteiger partial charge >= 0.3 is 5.97 Å². The molecule has 1 aromatic heterocycles. The third-order valence-electron chi connectivity index (χ3n) is 3.52. The van der Waals surface area contributed by atoms with Crippen molar-refractivity contribution in [2.75, 3.05) is 25.6 Å². The molecule has 0 aromatic carbocycles. The molecule has 104 valence electrons. The molecule has 2 heterocycles. The van der Waals surface area contributed by atoms with Gasteiger partial charge < -0.3 is 14.8 Å². The summed E-state index contributed by atoms with van der Waals surface area (Å²) in [4.78, 5) is 15.4. The number of carbonyl (C=O) groups is 1. The number of ether oxygens (including phenoxy) is 2. The van der Waals surface area contributed by atoms with E-state index in [0.717, 1.165) is 31.7 Å². The van der Waals surface area contributed by atoms with Gasteiger partial charge in [-0.25, -0.2) is 9.78 Å². The number of methoxy groups -OCH3 is 1. The topological polar surface area (TPSA) is 60.5 Å². The highest BCUT2D eigenvalue weighted by atomic mass is 16.5. The summed E-state index contributed by atoms with van der Waals surface area (Å²) in [5.74, 6) is 0.186. The first-order valence-corrected chi connectivity index (χ1v) is 6.59. The van der Waals surface area contributed by atoms with Crippen molar-refractivity contribution < 1.29 is 14.3 Å². The Morgan fingerprint density at radius 2 is 2.26 bits per heavy atom. The van der Waals surface area contributed by atoms with Crippen LogP contribution < -0.4 is 5.32 Å². The molecule has 1 aliphatic heterocycles. The van der Waals surface area contributed by atoms with Crippen LogP contribution in [0.2, 0.25) is 0 Å². The Hall–Kier alpha value is -1.62. The molecule has 0 aliphatic carbocycles. The van der Waals surface area contributed by atoms with E-state index in [1.165, 1.54) is 7.11 Å². The van der Waals surface area contributed by atoms with Crippen LogP contribution in [0.5, 0.6) is 0 Å². The number of hydrogen-bond acceptors (Lipinski definition) is 5. The second-order valence-electron chi connectivity index (χ2n) is 4.80. The molecule has 0 amide bonds. The smallest absolute Gasteiger partial charge is 0.356 e. The summed E-state index contributed by atoms with van der Waals surface area (Å²) in [6.07, 6.45) is 3.76. The second kappa shape index (κ2) is 6.52. The van der Waals surface area contributed by atoms with Gasteiger partial charge in [0, 0.05) is 31.1 Å². The number of anilines is 1. The molecule has 1 atom stereocenters. The molecule has 0 bridgehead atoms. The molecule has 2 rings (SSSR count). The van der Waals surface area contributed by atoms with Gasteiger partial charge in [-0.15, -0.1) is 0 Å². The van der Waals surface area contributed by atoms with E-state index in [4.69, 9.17) is 4.74 Å². The van der Waals surface area contributed by atoms with Gasteiger partial charge in [-0.3, -0.25) is 0 Å². The van der Waals surface area contributed by atoms with Crippen molar-refractivity contribution >= 4 is 11.7 Å². The fourth-order valence-corrected chi connectivity index (χ4v) is 2.33. The number of nitrogens with one attached hydrogen (secondary N) is 1. The molecule has 1 fully saturated rings.